The quantitative estimate of drug-likeness (QED) is 0.929. The van der Waals surface area contributed by atoms with Crippen LogP contribution in [0.25, 0.3) is 0 Å². The van der Waals surface area contributed by atoms with Gasteiger partial charge in [0, 0.05) is 22.2 Å². The van der Waals surface area contributed by atoms with Crippen LogP contribution >= 0.6 is 27.5 Å². The van der Waals surface area contributed by atoms with Crippen LogP contribution in [0.2, 0.25) is 5.02 Å². The Morgan fingerprint density at radius 1 is 1.44 bits per heavy atom. The molecule has 2 aromatic rings. The maximum atomic E-state index is 5.98. The Bertz CT molecular complexity index is 539. The van der Waals surface area contributed by atoms with Crippen LogP contribution in [0.1, 0.15) is 24.2 Å². The zero-order valence-corrected chi connectivity index (χ0v) is 12.7. The standard InChI is InChI=1S/C13H15BrClN3/c1-3-18-12(6-7-17-18)13(16-2)10-5-4-9(15)8-11(10)14/h4-8,13,16H,3H2,1-2H3. The van der Waals surface area contributed by atoms with Crippen LogP contribution in [-0.4, -0.2) is 16.8 Å². The predicted octanol–water partition coefficient (Wildman–Crippen LogP) is 3.63. The molecule has 1 aromatic carbocycles. The summed E-state index contributed by atoms with van der Waals surface area (Å²) in [5, 5.41) is 8.36. The Kier molecular flexibility index (Phi) is 4.43. The van der Waals surface area contributed by atoms with Crippen LogP contribution in [-0.2, 0) is 6.54 Å². The largest absolute Gasteiger partial charge is 0.308 e. The van der Waals surface area contributed by atoms with Crippen molar-refractivity contribution < 1.29 is 0 Å². The lowest BCUT2D eigenvalue weighted by molar-refractivity contribution is 0.562. The first-order valence-corrected chi connectivity index (χ1v) is 6.98. The molecular formula is C13H15BrClN3. The van der Waals surface area contributed by atoms with Gasteiger partial charge in [-0.25, -0.2) is 0 Å². The molecule has 5 heteroatoms. The lowest BCUT2D eigenvalue weighted by atomic mass is 10.0. The van der Waals surface area contributed by atoms with E-state index in [4.69, 9.17) is 11.6 Å². The fraction of sp³-hybridized carbons (Fsp3) is 0.308. The summed E-state index contributed by atoms with van der Waals surface area (Å²) in [7, 11) is 1.94. The average molecular weight is 329 g/mol. The Morgan fingerprint density at radius 2 is 2.22 bits per heavy atom. The van der Waals surface area contributed by atoms with E-state index in [0.29, 0.717) is 0 Å². The molecule has 0 saturated carbocycles. The lowest BCUT2D eigenvalue weighted by Crippen LogP contribution is -2.21. The second-order valence-corrected chi connectivity index (χ2v) is 5.25. The highest BCUT2D eigenvalue weighted by atomic mass is 79.9. The van der Waals surface area contributed by atoms with E-state index in [0.717, 1.165) is 27.3 Å². The Hall–Kier alpha value is -0.840. The van der Waals surface area contributed by atoms with Crippen molar-refractivity contribution in [2.24, 2.45) is 0 Å². The molecule has 0 saturated heterocycles. The average Bonchev–Trinajstić information content (AvgIpc) is 2.81. The Balaban J connectivity index is 2.45. The monoisotopic (exact) mass is 327 g/mol. The van der Waals surface area contributed by atoms with Crippen LogP contribution in [0, 0.1) is 0 Å². The Morgan fingerprint density at radius 3 is 2.83 bits per heavy atom. The lowest BCUT2D eigenvalue weighted by Gasteiger charge is -2.19. The summed E-state index contributed by atoms with van der Waals surface area (Å²) in [6.45, 7) is 2.94. The number of aryl methyl sites for hydroxylation is 1. The van der Waals surface area contributed by atoms with Gasteiger partial charge in [0.05, 0.1) is 11.7 Å². The van der Waals surface area contributed by atoms with Crippen LogP contribution in [0.3, 0.4) is 0 Å². The van der Waals surface area contributed by atoms with Crippen molar-refractivity contribution >= 4 is 27.5 Å². The molecule has 1 heterocycles. The minimum Gasteiger partial charge on any atom is -0.308 e. The third-order valence-electron chi connectivity index (χ3n) is 2.91. The van der Waals surface area contributed by atoms with Crippen LogP contribution < -0.4 is 5.32 Å². The van der Waals surface area contributed by atoms with Gasteiger partial charge in [0.2, 0.25) is 0 Å². The molecule has 2 rings (SSSR count). The fourth-order valence-corrected chi connectivity index (χ4v) is 2.96. The van der Waals surface area contributed by atoms with Gasteiger partial charge in [0.1, 0.15) is 0 Å². The molecule has 3 nitrogen and oxygen atoms in total. The fourth-order valence-electron chi connectivity index (χ4n) is 2.05. The molecule has 1 N–H and O–H groups in total. The second-order valence-electron chi connectivity index (χ2n) is 3.96. The first-order chi connectivity index (χ1) is 8.67. The number of hydrogen-bond acceptors (Lipinski definition) is 2. The van der Waals surface area contributed by atoms with Crippen molar-refractivity contribution in [1.29, 1.82) is 0 Å². The number of rotatable bonds is 4. The second kappa shape index (κ2) is 5.87. The topological polar surface area (TPSA) is 29.9 Å². The van der Waals surface area contributed by atoms with E-state index in [2.05, 4.69) is 33.3 Å². The van der Waals surface area contributed by atoms with E-state index >= 15 is 0 Å². The number of nitrogens with one attached hydrogen (secondary N) is 1. The van der Waals surface area contributed by atoms with E-state index in [1.54, 1.807) is 0 Å². The van der Waals surface area contributed by atoms with Gasteiger partial charge < -0.3 is 5.32 Å². The highest BCUT2D eigenvalue weighted by molar-refractivity contribution is 9.10. The number of nitrogens with zero attached hydrogens (tertiary/aromatic N) is 2. The van der Waals surface area contributed by atoms with E-state index in [1.807, 2.05) is 42.2 Å². The molecule has 1 atom stereocenters. The predicted molar refractivity (Wildman–Crippen MR) is 78.0 cm³/mol. The molecule has 0 spiro atoms. The molecule has 0 aliphatic heterocycles. The summed E-state index contributed by atoms with van der Waals surface area (Å²) in [6.07, 6.45) is 1.83. The summed E-state index contributed by atoms with van der Waals surface area (Å²) >= 11 is 9.55. The number of hydrogen-bond donors (Lipinski definition) is 1. The van der Waals surface area contributed by atoms with Crippen LogP contribution in [0.15, 0.2) is 34.9 Å². The van der Waals surface area contributed by atoms with E-state index in [1.165, 1.54) is 0 Å². The summed E-state index contributed by atoms with van der Waals surface area (Å²) < 4.78 is 2.99. The Labute approximate surface area is 120 Å². The molecule has 0 bridgehead atoms. The molecule has 96 valence electrons. The smallest absolute Gasteiger partial charge is 0.0756 e. The van der Waals surface area contributed by atoms with Gasteiger partial charge in [-0.1, -0.05) is 33.6 Å². The first-order valence-electron chi connectivity index (χ1n) is 5.81. The van der Waals surface area contributed by atoms with Gasteiger partial charge in [-0.2, -0.15) is 5.10 Å². The summed E-state index contributed by atoms with van der Waals surface area (Å²) in [4.78, 5) is 0. The maximum absolute atomic E-state index is 5.98. The minimum atomic E-state index is 0.0964. The van der Waals surface area contributed by atoms with Crippen LogP contribution in [0.4, 0.5) is 0 Å². The van der Waals surface area contributed by atoms with E-state index < -0.39 is 0 Å². The van der Waals surface area contributed by atoms with Gasteiger partial charge in [-0.15, -0.1) is 0 Å². The van der Waals surface area contributed by atoms with Gasteiger partial charge in [-0.05, 0) is 37.7 Å². The molecule has 0 amide bonds. The normalized spacial score (nSPS) is 12.7. The highest BCUT2D eigenvalue weighted by Crippen LogP contribution is 2.30. The van der Waals surface area contributed by atoms with Crippen LogP contribution in [0.5, 0.6) is 0 Å². The third-order valence-corrected chi connectivity index (χ3v) is 3.83. The highest BCUT2D eigenvalue weighted by Gasteiger charge is 2.18. The molecule has 1 unspecified atom stereocenters. The summed E-state index contributed by atoms with van der Waals surface area (Å²) in [5.74, 6) is 0. The molecule has 18 heavy (non-hydrogen) atoms. The number of aromatic nitrogens is 2. The van der Waals surface area contributed by atoms with E-state index in [9.17, 15) is 0 Å². The molecule has 0 aliphatic rings. The molecule has 1 aromatic heterocycles. The third kappa shape index (κ3) is 2.60. The van der Waals surface area contributed by atoms with Crippen molar-refractivity contribution in [1.82, 2.24) is 15.1 Å². The molecule has 0 radical (unpaired) electrons. The number of halogens is 2. The zero-order valence-electron chi connectivity index (χ0n) is 10.3. The van der Waals surface area contributed by atoms with Gasteiger partial charge >= 0.3 is 0 Å². The van der Waals surface area contributed by atoms with Gasteiger partial charge in [0.15, 0.2) is 0 Å². The summed E-state index contributed by atoms with van der Waals surface area (Å²) in [5.41, 5.74) is 2.29. The van der Waals surface area contributed by atoms with Crippen molar-refractivity contribution in [3.8, 4) is 0 Å². The van der Waals surface area contributed by atoms with Crippen molar-refractivity contribution in [2.45, 2.75) is 19.5 Å². The maximum Gasteiger partial charge on any atom is 0.0756 e. The zero-order chi connectivity index (χ0) is 13.1. The van der Waals surface area contributed by atoms with Gasteiger partial charge in [-0.3, -0.25) is 4.68 Å². The van der Waals surface area contributed by atoms with Crippen molar-refractivity contribution in [3.63, 3.8) is 0 Å². The summed E-state index contributed by atoms with van der Waals surface area (Å²) in [6, 6.07) is 7.97. The first kappa shape index (κ1) is 13.6. The molecule has 0 fully saturated rings. The number of benzene rings is 1. The SMILES string of the molecule is CCn1nccc1C(NC)c1ccc(Cl)cc1Br. The van der Waals surface area contributed by atoms with Crippen molar-refractivity contribution in [3.05, 3.63) is 51.2 Å². The van der Waals surface area contributed by atoms with Gasteiger partial charge in [0.25, 0.3) is 0 Å². The minimum absolute atomic E-state index is 0.0964. The molecular weight excluding hydrogens is 314 g/mol. The molecule has 0 aliphatic carbocycles. The van der Waals surface area contributed by atoms with E-state index in [-0.39, 0.29) is 6.04 Å². The van der Waals surface area contributed by atoms with Crippen molar-refractivity contribution in [2.75, 3.05) is 7.05 Å².